The zero-order valence-electron chi connectivity index (χ0n) is 36.5. The van der Waals surface area contributed by atoms with Gasteiger partial charge in [0, 0.05) is 38.8 Å². The number of hydrogen-bond donors (Lipinski definition) is 0. The summed E-state index contributed by atoms with van der Waals surface area (Å²) in [5.74, 6) is 0. The molecule has 0 aliphatic heterocycles. The molecule has 0 saturated heterocycles. The molecule has 0 N–H and O–H groups in total. The van der Waals surface area contributed by atoms with E-state index in [2.05, 4.69) is 266 Å². The molecule has 1 aliphatic rings. The Morgan fingerprint density at radius 3 is 1.58 bits per heavy atom. The highest BCUT2D eigenvalue weighted by atomic mass is 15.1. The minimum atomic E-state index is -0.112. The van der Waals surface area contributed by atoms with Crippen LogP contribution in [0.25, 0.3) is 83.1 Å². The summed E-state index contributed by atoms with van der Waals surface area (Å²) < 4.78 is 2.49. The quantitative estimate of drug-likeness (QED) is 0.148. The third-order valence-electron chi connectivity index (χ3n) is 13.6. The van der Waals surface area contributed by atoms with Crippen molar-refractivity contribution < 1.29 is 0 Å². The molecule has 308 valence electrons. The monoisotopic (exact) mass is 830 g/mol. The minimum Gasteiger partial charge on any atom is -0.310 e. The van der Waals surface area contributed by atoms with Crippen LogP contribution in [0.15, 0.2) is 243 Å². The Bertz CT molecular complexity index is 3520. The first kappa shape index (κ1) is 38.5. The van der Waals surface area contributed by atoms with E-state index in [1.807, 2.05) is 0 Å². The molecule has 2 nitrogen and oxygen atoms in total. The van der Waals surface area contributed by atoms with Crippen molar-refractivity contribution in [2.45, 2.75) is 19.3 Å². The Kier molecular flexibility index (Phi) is 9.21. The molecule has 0 amide bonds. The van der Waals surface area contributed by atoms with Gasteiger partial charge in [0.1, 0.15) is 0 Å². The van der Waals surface area contributed by atoms with Crippen molar-refractivity contribution in [1.82, 2.24) is 4.57 Å². The molecule has 1 aromatic heterocycles. The first-order valence-electron chi connectivity index (χ1n) is 22.6. The van der Waals surface area contributed by atoms with Crippen molar-refractivity contribution in [3.8, 4) is 61.5 Å². The molecule has 1 heterocycles. The number of fused-ring (bicyclic) bond motifs is 5. The highest BCUT2D eigenvalue weighted by Gasteiger charge is 2.36. The second-order valence-corrected chi connectivity index (χ2v) is 17.7. The van der Waals surface area contributed by atoms with Crippen molar-refractivity contribution in [2.75, 3.05) is 4.90 Å². The smallest absolute Gasteiger partial charge is 0.0619 e. The molecular formula is C63H46N2. The SMILES string of the molecule is CC1(C)c2ccccc2-c2ccc(N(c3ccc(-c4ccccc4)cc3)c3ccc(-c4ccc5c(c4)c(-c4ccccc4)c(-c4ccccc4)n5-c4cccc5ccccc45)cc3)cc21. The molecule has 12 rings (SSSR count). The van der Waals surface area contributed by atoms with Crippen molar-refractivity contribution >= 4 is 38.7 Å². The van der Waals surface area contributed by atoms with Crippen molar-refractivity contribution in [2.24, 2.45) is 0 Å². The van der Waals surface area contributed by atoms with E-state index in [1.165, 1.54) is 94.3 Å². The molecule has 0 saturated carbocycles. The number of anilines is 3. The molecular weight excluding hydrogens is 785 g/mol. The van der Waals surface area contributed by atoms with Crippen LogP contribution in [0.4, 0.5) is 17.1 Å². The van der Waals surface area contributed by atoms with Gasteiger partial charge in [0.15, 0.2) is 0 Å². The number of benzene rings is 10. The van der Waals surface area contributed by atoms with Crippen LogP contribution in [0.2, 0.25) is 0 Å². The van der Waals surface area contributed by atoms with Crippen LogP contribution in [0, 0.1) is 0 Å². The van der Waals surface area contributed by atoms with Crippen LogP contribution in [-0.2, 0) is 5.41 Å². The first-order chi connectivity index (χ1) is 32.0. The maximum absolute atomic E-state index is 2.49. The van der Waals surface area contributed by atoms with Crippen LogP contribution in [0.1, 0.15) is 25.0 Å². The van der Waals surface area contributed by atoms with Crippen LogP contribution in [0.5, 0.6) is 0 Å². The highest BCUT2D eigenvalue weighted by Crippen LogP contribution is 2.51. The van der Waals surface area contributed by atoms with Crippen molar-refractivity contribution in [1.29, 1.82) is 0 Å². The van der Waals surface area contributed by atoms with Gasteiger partial charge >= 0.3 is 0 Å². The summed E-state index contributed by atoms with van der Waals surface area (Å²) in [5.41, 5.74) is 20.5. The average molecular weight is 831 g/mol. The number of nitrogens with zero attached hydrogens (tertiary/aromatic N) is 2. The molecule has 0 unspecified atom stereocenters. The Balaban J connectivity index is 1.01. The zero-order chi connectivity index (χ0) is 43.5. The summed E-state index contributed by atoms with van der Waals surface area (Å²) in [4.78, 5) is 2.41. The Hall–Kier alpha value is -8.20. The van der Waals surface area contributed by atoms with E-state index in [1.54, 1.807) is 0 Å². The Morgan fingerprint density at radius 2 is 0.877 bits per heavy atom. The predicted octanol–water partition coefficient (Wildman–Crippen LogP) is 17.2. The lowest BCUT2D eigenvalue weighted by Crippen LogP contribution is -2.16. The maximum atomic E-state index is 2.49. The normalized spacial score (nSPS) is 12.6. The molecule has 0 spiro atoms. The van der Waals surface area contributed by atoms with Gasteiger partial charge in [-0.3, -0.25) is 0 Å². The number of aromatic nitrogens is 1. The van der Waals surface area contributed by atoms with Crippen LogP contribution in [0.3, 0.4) is 0 Å². The highest BCUT2D eigenvalue weighted by molar-refractivity contribution is 6.08. The molecule has 65 heavy (non-hydrogen) atoms. The summed E-state index contributed by atoms with van der Waals surface area (Å²) in [6.07, 6.45) is 0. The van der Waals surface area contributed by atoms with Crippen molar-refractivity contribution in [3.05, 3.63) is 254 Å². The Morgan fingerprint density at radius 1 is 0.354 bits per heavy atom. The topological polar surface area (TPSA) is 8.17 Å². The van der Waals surface area contributed by atoms with E-state index >= 15 is 0 Å². The third-order valence-corrected chi connectivity index (χ3v) is 13.6. The second kappa shape index (κ2) is 15.6. The first-order valence-corrected chi connectivity index (χ1v) is 22.6. The Labute approximate surface area is 381 Å². The van der Waals surface area contributed by atoms with Gasteiger partial charge in [0.2, 0.25) is 0 Å². The van der Waals surface area contributed by atoms with Gasteiger partial charge in [-0.25, -0.2) is 0 Å². The average Bonchev–Trinajstić information content (AvgIpc) is 3.83. The molecule has 2 heteroatoms. The van der Waals surface area contributed by atoms with Gasteiger partial charge in [-0.1, -0.05) is 202 Å². The number of rotatable bonds is 8. The van der Waals surface area contributed by atoms with E-state index in [4.69, 9.17) is 0 Å². The van der Waals surface area contributed by atoms with Crippen LogP contribution >= 0.6 is 0 Å². The third kappa shape index (κ3) is 6.49. The molecule has 0 fully saturated rings. The van der Waals surface area contributed by atoms with E-state index in [0.717, 1.165) is 17.1 Å². The van der Waals surface area contributed by atoms with E-state index in [9.17, 15) is 0 Å². The summed E-state index contributed by atoms with van der Waals surface area (Å²) in [6, 6.07) is 88.8. The van der Waals surface area contributed by atoms with Gasteiger partial charge < -0.3 is 9.47 Å². The van der Waals surface area contributed by atoms with E-state index in [0.29, 0.717) is 0 Å². The standard InChI is InChI=1S/C63H46N2/c1-63(2)57-27-15-14-26-54(57)55-39-38-52(42-58(55)63)64(50-34-29-44(30-35-50)43-17-6-3-7-18-43)51-36-31-45(32-37-51)49-33-40-60-56(41-49)61(47-20-8-4-9-21-47)62(48-22-10-5-11-23-48)65(60)59-28-16-24-46-19-12-13-25-53(46)59/h3-42H,1-2H3. The zero-order valence-corrected chi connectivity index (χ0v) is 36.5. The summed E-state index contributed by atoms with van der Waals surface area (Å²) in [5, 5.41) is 3.66. The maximum Gasteiger partial charge on any atom is 0.0619 e. The van der Waals surface area contributed by atoms with E-state index in [-0.39, 0.29) is 5.41 Å². The van der Waals surface area contributed by atoms with Gasteiger partial charge in [0.25, 0.3) is 0 Å². The number of hydrogen-bond acceptors (Lipinski definition) is 1. The largest absolute Gasteiger partial charge is 0.310 e. The summed E-state index contributed by atoms with van der Waals surface area (Å²) in [6.45, 7) is 4.71. The summed E-state index contributed by atoms with van der Waals surface area (Å²) in [7, 11) is 0. The fourth-order valence-corrected chi connectivity index (χ4v) is 10.4. The van der Waals surface area contributed by atoms with Crippen LogP contribution < -0.4 is 4.90 Å². The molecule has 0 atom stereocenters. The van der Waals surface area contributed by atoms with Gasteiger partial charge in [-0.2, -0.15) is 0 Å². The van der Waals surface area contributed by atoms with Crippen molar-refractivity contribution in [3.63, 3.8) is 0 Å². The molecule has 10 aromatic carbocycles. The van der Waals surface area contributed by atoms with Gasteiger partial charge in [-0.05, 0) is 116 Å². The molecule has 0 radical (unpaired) electrons. The fraction of sp³-hybridized carbons (Fsp3) is 0.0476. The lowest BCUT2D eigenvalue weighted by molar-refractivity contribution is 0.660. The lowest BCUT2D eigenvalue weighted by Gasteiger charge is -2.28. The lowest BCUT2D eigenvalue weighted by atomic mass is 9.82. The predicted molar refractivity (Wildman–Crippen MR) is 275 cm³/mol. The van der Waals surface area contributed by atoms with Gasteiger partial charge in [-0.15, -0.1) is 0 Å². The fourth-order valence-electron chi connectivity index (χ4n) is 10.4. The summed E-state index contributed by atoms with van der Waals surface area (Å²) >= 11 is 0. The second-order valence-electron chi connectivity index (χ2n) is 17.7. The minimum absolute atomic E-state index is 0.112. The molecule has 11 aromatic rings. The van der Waals surface area contributed by atoms with E-state index < -0.39 is 0 Å². The molecule has 1 aliphatic carbocycles. The van der Waals surface area contributed by atoms with Crippen LogP contribution in [-0.4, -0.2) is 4.57 Å². The van der Waals surface area contributed by atoms with Gasteiger partial charge in [0.05, 0.1) is 16.9 Å². The molecule has 0 bridgehead atoms.